The van der Waals surface area contributed by atoms with Gasteiger partial charge in [-0.15, -0.1) is 11.5 Å². The highest BCUT2D eigenvalue weighted by atomic mass is 28.3. The molecule has 8 heteroatoms. The third-order valence-corrected chi connectivity index (χ3v) is 9.56. The van der Waals surface area contributed by atoms with Gasteiger partial charge in [0, 0.05) is 6.42 Å². The Bertz CT molecular complexity index is 791. The molecular formula is C22H32N2O5Si. The van der Waals surface area contributed by atoms with Gasteiger partial charge in [-0.3, -0.25) is 4.79 Å². The standard InChI is InChI=1S/C22H32N2O5Si/c1-22(2,3)30(5,6)14-10-13-18(20(26)28-4)24-19(25)15-23-21(27)29-16-17-11-8-7-9-12-17/h7-9,11-12,18H,13,15-16H2,1-6H3,(H,23,27)(H,24,25)/t18-/m0/s1. The van der Waals surface area contributed by atoms with E-state index < -0.39 is 32.1 Å². The summed E-state index contributed by atoms with van der Waals surface area (Å²) in [6.07, 6.45) is -0.579. The Morgan fingerprint density at radius 2 is 1.77 bits per heavy atom. The molecule has 2 amide bonds. The van der Waals surface area contributed by atoms with Crippen molar-refractivity contribution in [3.05, 3.63) is 35.9 Å². The zero-order chi connectivity index (χ0) is 22.8. The Labute approximate surface area is 179 Å². The van der Waals surface area contributed by atoms with Gasteiger partial charge in [-0.2, -0.15) is 0 Å². The van der Waals surface area contributed by atoms with Crippen molar-refractivity contribution in [3.8, 4) is 11.5 Å². The smallest absolute Gasteiger partial charge is 0.407 e. The molecule has 1 aromatic carbocycles. The maximum absolute atomic E-state index is 12.1. The lowest BCUT2D eigenvalue weighted by molar-refractivity contribution is -0.144. The molecule has 0 unspecified atom stereocenters. The predicted molar refractivity (Wildman–Crippen MR) is 118 cm³/mol. The quantitative estimate of drug-likeness (QED) is 0.392. The van der Waals surface area contributed by atoms with Gasteiger partial charge in [-0.1, -0.05) is 64.2 Å². The van der Waals surface area contributed by atoms with Gasteiger partial charge in [0.25, 0.3) is 0 Å². The number of carbonyl (C=O) groups excluding carboxylic acids is 3. The van der Waals surface area contributed by atoms with E-state index in [-0.39, 0.29) is 24.6 Å². The van der Waals surface area contributed by atoms with Crippen LogP contribution in [0.4, 0.5) is 4.79 Å². The molecule has 1 atom stereocenters. The molecule has 164 valence electrons. The zero-order valence-electron chi connectivity index (χ0n) is 18.6. The molecule has 2 N–H and O–H groups in total. The highest BCUT2D eigenvalue weighted by Gasteiger charge is 2.33. The van der Waals surface area contributed by atoms with Gasteiger partial charge in [0.1, 0.15) is 27.3 Å². The molecular weight excluding hydrogens is 400 g/mol. The van der Waals surface area contributed by atoms with Crippen molar-refractivity contribution in [2.24, 2.45) is 0 Å². The average Bonchev–Trinajstić information content (AvgIpc) is 2.69. The fourth-order valence-corrected chi connectivity index (χ4v) is 2.99. The van der Waals surface area contributed by atoms with E-state index in [9.17, 15) is 14.4 Å². The molecule has 0 bridgehead atoms. The van der Waals surface area contributed by atoms with Crippen LogP contribution in [0.25, 0.3) is 0 Å². The lowest BCUT2D eigenvalue weighted by Crippen LogP contribution is -2.46. The molecule has 7 nitrogen and oxygen atoms in total. The zero-order valence-corrected chi connectivity index (χ0v) is 19.6. The highest BCUT2D eigenvalue weighted by Crippen LogP contribution is 2.35. The molecule has 0 fully saturated rings. The van der Waals surface area contributed by atoms with Gasteiger partial charge in [0.05, 0.1) is 7.11 Å². The maximum atomic E-state index is 12.1. The summed E-state index contributed by atoms with van der Waals surface area (Å²) < 4.78 is 9.80. The summed E-state index contributed by atoms with van der Waals surface area (Å²) in [6, 6.07) is 8.29. The maximum Gasteiger partial charge on any atom is 0.407 e. The third kappa shape index (κ3) is 8.70. The van der Waals surface area contributed by atoms with Crippen LogP contribution >= 0.6 is 0 Å². The number of alkyl carbamates (subject to hydrolysis) is 1. The summed E-state index contributed by atoms with van der Waals surface area (Å²) in [5.74, 6) is 1.93. The van der Waals surface area contributed by atoms with Gasteiger partial charge in [0.15, 0.2) is 0 Å². The highest BCUT2D eigenvalue weighted by molar-refractivity contribution is 6.87. The van der Waals surface area contributed by atoms with Crippen molar-refractivity contribution in [2.75, 3.05) is 13.7 Å². The number of benzene rings is 1. The Kier molecular flexibility index (Phi) is 9.60. The third-order valence-electron chi connectivity index (χ3n) is 5.01. The van der Waals surface area contributed by atoms with Crippen molar-refractivity contribution in [2.45, 2.75) is 58.0 Å². The van der Waals surface area contributed by atoms with Crippen molar-refractivity contribution < 1.29 is 23.9 Å². The summed E-state index contributed by atoms with van der Waals surface area (Å²) in [6.45, 7) is 10.5. The van der Waals surface area contributed by atoms with Gasteiger partial charge in [-0.05, 0) is 10.6 Å². The summed E-state index contributed by atoms with van der Waals surface area (Å²) in [5.41, 5.74) is 4.14. The molecule has 0 radical (unpaired) electrons. The fraction of sp³-hybridized carbons (Fsp3) is 0.500. The number of hydrogen-bond donors (Lipinski definition) is 2. The van der Waals surface area contributed by atoms with Crippen LogP contribution in [0.2, 0.25) is 18.1 Å². The number of ether oxygens (including phenoxy) is 2. The van der Waals surface area contributed by atoms with Crippen LogP contribution in [0.3, 0.4) is 0 Å². The SMILES string of the molecule is COC(=O)[C@H](CC#C[Si](C)(C)C(C)(C)C)NC(=O)CNC(=O)OCc1ccccc1. The predicted octanol–water partition coefficient (Wildman–Crippen LogP) is 3.01. The molecule has 0 spiro atoms. The Hall–Kier alpha value is -2.79. The minimum atomic E-state index is -1.82. The molecule has 1 rings (SSSR count). The van der Waals surface area contributed by atoms with E-state index in [1.807, 2.05) is 30.3 Å². The number of nitrogens with one attached hydrogen (secondary N) is 2. The molecule has 0 saturated carbocycles. The van der Waals surface area contributed by atoms with Crippen LogP contribution in [0.1, 0.15) is 32.8 Å². The number of hydrogen-bond acceptors (Lipinski definition) is 5. The lowest BCUT2D eigenvalue weighted by atomic mass is 10.2. The second kappa shape index (κ2) is 11.4. The van der Waals surface area contributed by atoms with Crippen molar-refractivity contribution in [1.82, 2.24) is 10.6 Å². The van der Waals surface area contributed by atoms with E-state index in [0.29, 0.717) is 0 Å². The topological polar surface area (TPSA) is 93.7 Å². The Morgan fingerprint density at radius 3 is 2.33 bits per heavy atom. The molecule has 0 saturated heterocycles. The molecule has 0 heterocycles. The summed E-state index contributed by atoms with van der Waals surface area (Å²) in [7, 11) is -0.572. The second-order valence-electron chi connectivity index (χ2n) is 8.44. The number of esters is 1. The minimum Gasteiger partial charge on any atom is -0.467 e. The van der Waals surface area contributed by atoms with Gasteiger partial charge in [0.2, 0.25) is 5.91 Å². The first kappa shape index (κ1) is 25.2. The lowest BCUT2D eigenvalue weighted by Gasteiger charge is -2.31. The Morgan fingerprint density at radius 1 is 1.13 bits per heavy atom. The van der Waals surface area contributed by atoms with E-state index in [0.717, 1.165) is 5.56 Å². The Balaban J connectivity index is 2.55. The summed E-state index contributed by atoms with van der Waals surface area (Å²) >= 11 is 0. The normalized spacial score (nSPS) is 12.1. The second-order valence-corrected chi connectivity index (χ2v) is 13.4. The molecule has 0 aliphatic rings. The fourth-order valence-electron chi connectivity index (χ4n) is 2.07. The summed E-state index contributed by atoms with van der Waals surface area (Å²) in [5, 5.41) is 5.00. The first-order valence-electron chi connectivity index (χ1n) is 9.78. The summed E-state index contributed by atoms with van der Waals surface area (Å²) in [4.78, 5) is 35.9. The van der Waals surface area contributed by atoms with E-state index in [4.69, 9.17) is 9.47 Å². The molecule has 30 heavy (non-hydrogen) atoms. The van der Waals surface area contributed by atoms with Crippen LogP contribution < -0.4 is 10.6 Å². The van der Waals surface area contributed by atoms with E-state index >= 15 is 0 Å². The van der Waals surface area contributed by atoms with E-state index in [1.165, 1.54) is 7.11 Å². The molecule has 0 aromatic heterocycles. The number of amides is 2. The van der Waals surface area contributed by atoms with E-state index in [2.05, 4.69) is 56.0 Å². The van der Waals surface area contributed by atoms with Crippen LogP contribution in [-0.4, -0.2) is 45.7 Å². The van der Waals surface area contributed by atoms with Crippen LogP contribution in [0, 0.1) is 11.5 Å². The largest absolute Gasteiger partial charge is 0.467 e. The average molecular weight is 433 g/mol. The monoisotopic (exact) mass is 432 g/mol. The first-order chi connectivity index (χ1) is 14.0. The number of carbonyl (C=O) groups is 3. The minimum absolute atomic E-state index is 0.0913. The number of rotatable bonds is 7. The van der Waals surface area contributed by atoms with Crippen molar-refractivity contribution in [3.63, 3.8) is 0 Å². The van der Waals surface area contributed by atoms with Gasteiger partial charge in [-0.25, -0.2) is 9.59 Å². The van der Waals surface area contributed by atoms with Crippen LogP contribution in [-0.2, 0) is 25.7 Å². The number of methoxy groups -OCH3 is 1. The van der Waals surface area contributed by atoms with Crippen LogP contribution in [0.5, 0.6) is 0 Å². The first-order valence-corrected chi connectivity index (χ1v) is 12.8. The molecule has 1 aromatic rings. The van der Waals surface area contributed by atoms with Crippen molar-refractivity contribution >= 4 is 26.0 Å². The van der Waals surface area contributed by atoms with Crippen LogP contribution in [0.15, 0.2) is 30.3 Å². The molecule has 0 aliphatic carbocycles. The molecule has 0 aliphatic heterocycles. The van der Waals surface area contributed by atoms with Gasteiger partial charge >= 0.3 is 12.1 Å². The van der Waals surface area contributed by atoms with E-state index in [1.54, 1.807) is 0 Å². The van der Waals surface area contributed by atoms with Gasteiger partial charge < -0.3 is 20.1 Å². The van der Waals surface area contributed by atoms with Crippen molar-refractivity contribution in [1.29, 1.82) is 0 Å².